The molecule has 0 spiro atoms. The van der Waals surface area contributed by atoms with Crippen LogP contribution in [0, 0.1) is 0 Å². The molecule has 94 valence electrons. The van der Waals surface area contributed by atoms with Gasteiger partial charge in [-0.05, 0) is 11.4 Å². The molecule has 0 aromatic carbocycles. The maximum atomic E-state index is 12.5. The van der Waals surface area contributed by atoms with E-state index in [9.17, 15) is 23.1 Å². The number of nitrogens with zero attached hydrogens (tertiary/aromatic N) is 1. The SMILES string of the molecule is O=C(c1ccsc1)N1CC[C@](O)(C(F)(F)F)C1. The van der Waals surface area contributed by atoms with Crippen molar-refractivity contribution in [3.8, 4) is 0 Å². The van der Waals surface area contributed by atoms with Gasteiger partial charge in [0, 0.05) is 18.3 Å². The molecule has 1 N–H and O–H groups in total. The summed E-state index contributed by atoms with van der Waals surface area (Å²) in [5.41, 5.74) is -2.40. The molecule has 1 aliphatic rings. The summed E-state index contributed by atoms with van der Waals surface area (Å²) < 4.78 is 37.6. The summed E-state index contributed by atoms with van der Waals surface area (Å²) in [7, 11) is 0. The summed E-state index contributed by atoms with van der Waals surface area (Å²) in [6, 6.07) is 1.55. The summed E-state index contributed by atoms with van der Waals surface area (Å²) >= 11 is 1.30. The maximum absolute atomic E-state index is 12.5. The molecule has 1 saturated heterocycles. The van der Waals surface area contributed by atoms with Crippen molar-refractivity contribution in [1.82, 2.24) is 4.90 Å². The van der Waals surface area contributed by atoms with Gasteiger partial charge in [-0.1, -0.05) is 0 Å². The Morgan fingerprint density at radius 2 is 2.24 bits per heavy atom. The highest BCUT2D eigenvalue weighted by molar-refractivity contribution is 7.08. The Hall–Kier alpha value is -1.08. The van der Waals surface area contributed by atoms with Gasteiger partial charge in [0.1, 0.15) is 0 Å². The lowest BCUT2D eigenvalue weighted by Crippen LogP contribution is -2.48. The lowest BCUT2D eigenvalue weighted by atomic mass is 10.0. The lowest BCUT2D eigenvalue weighted by Gasteiger charge is -2.25. The third-order valence-electron chi connectivity index (χ3n) is 2.83. The summed E-state index contributed by atoms with van der Waals surface area (Å²) in [4.78, 5) is 12.8. The monoisotopic (exact) mass is 265 g/mol. The smallest absolute Gasteiger partial charge is 0.379 e. The quantitative estimate of drug-likeness (QED) is 0.842. The van der Waals surface area contributed by atoms with Gasteiger partial charge in [0.05, 0.1) is 12.1 Å². The highest BCUT2D eigenvalue weighted by atomic mass is 32.1. The van der Waals surface area contributed by atoms with E-state index in [0.29, 0.717) is 5.56 Å². The van der Waals surface area contributed by atoms with Gasteiger partial charge in [-0.2, -0.15) is 24.5 Å². The third kappa shape index (κ3) is 2.16. The van der Waals surface area contributed by atoms with Gasteiger partial charge in [-0.25, -0.2) is 0 Å². The predicted molar refractivity (Wildman–Crippen MR) is 55.8 cm³/mol. The zero-order valence-corrected chi connectivity index (χ0v) is 9.51. The Bertz CT molecular complexity index is 418. The number of β-amino-alcohol motifs (C(OH)–C–C–N with tert-alkyl or cyclic N) is 1. The van der Waals surface area contributed by atoms with Crippen LogP contribution in [0.15, 0.2) is 16.8 Å². The molecule has 1 aromatic heterocycles. The molecule has 0 bridgehead atoms. The molecule has 1 aromatic rings. The van der Waals surface area contributed by atoms with Gasteiger partial charge >= 0.3 is 6.18 Å². The van der Waals surface area contributed by atoms with Crippen LogP contribution in [0.5, 0.6) is 0 Å². The predicted octanol–water partition coefficient (Wildman–Crippen LogP) is 1.89. The molecule has 0 aliphatic carbocycles. The van der Waals surface area contributed by atoms with E-state index < -0.39 is 30.7 Å². The van der Waals surface area contributed by atoms with E-state index in [2.05, 4.69) is 0 Å². The van der Waals surface area contributed by atoms with Crippen LogP contribution in [0.3, 0.4) is 0 Å². The van der Waals surface area contributed by atoms with Crippen molar-refractivity contribution in [2.75, 3.05) is 13.1 Å². The van der Waals surface area contributed by atoms with Crippen molar-refractivity contribution in [2.24, 2.45) is 0 Å². The Morgan fingerprint density at radius 1 is 1.53 bits per heavy atom. The fourth-order valence-corrected chi connectivity index (χ4v) is 2.40. The molecule has 1 amide bonds. The summed E-state index contributed by atoms with van der Waals surface area (Å²) in [5, 5.41) is 12.7. The van der Waals surface area contributed by atoms with Crippen LogP contribution in [0.4, 0.5) is 13.2 Å². The molecule has 2 rings (SSSR count). The zero-order valence-electron chi connectivity index (χ0n) is 8.70. The lowest BCUT2D eigenvalue weighted by molar-refractivity contribution is -0.253. The van der Waals surface area contributed by atoms with Gasteiger partial charge in [-0.3, -0.25) is 4.79 Å². The van der Waals surface area contributed by atoms with E-state index in [0.717, 1.165) is 4.90 Å². The Morgan fingerprint density at radius 3 is 2.71 bits per heavy atom. The third-order valence-corrected chi connectivity index (χ3v) is 3.51. The molecule has 3 nitrogen and oxygen atoms in total. The number of alkyl halides is 3. The van der Waals surface area contributed by atoms with Gasteiger partial charge in [0.25, 0.3) is 5.91 Å². The molecule has 0 unspecified atom stereocenters. The number of hydrogen-bond donors (Lipinski definition) is 1. The summed E-state index contributed by atoms with van der Waals surface area (Å²) in [5.74, 6) is -0.466. The molecule has 7 heteroatoms. The number of aliphatic hydroxyl groups is 1. The van der Waals surface area contributed by atoms with Crippen molar-refractivity contribution in [3.63, 3.8) is 0 Å². The molecule has 1 aliphatic heterocycles. The Balaban J connectivity index is 2.11. The number of hydrogen-bond acceptors (Lipinski definition) is 3. The van der Waals surface area contributed by atoms with Gasteiger partial charge in [0.15, 0.2) is 5.60 Å². The van der Waals surface area contributed by atoms with Crippen LogP contribution in [-0.2, 0) is 0 Å². The van der Waals surface area contributed by atoms with Gasteiger partial charge in [0.2, 0.25) is 0 Å². The fourth-order valence-electron chi connectivity index (χ4n) is 1.77. The summed E-state index contributed by atoms with van der Waals surface area (Å²) in [6.45, 7) is -0.768. The van der Waals surface area contributed by atoms with Crippen LogP contribution >= 0.6 is 11.3 Å². The van der Waals surface area contributed by atoms with E-state index in [1.807, 2.05) is 0 Å². The van der Waals surface area contributed by atoms with Crippen LogP contribution in [0.1, 0.15) is 16.8 Å². The van der Waals surface area contributed by atoms with E-state index in [1.54, 1.807) is 16.8 Å². The number of carbonyl (C=O) groups is 1. The Kier molecular flexibility index (Phi) is 2.90. The molecule has 0 radical (unpaired) electrons. The van der Waals surface area contributed by atoms with E-state index in [1.165, 1.54) is 11.3 Å². The normalized spacial score (nSPS) is 25.3. The van der Waals surface area contributed by atoms with Crippen molar-refractivity contribution in [1.29, 1.82) is 0 Å². The van der Waals surface area contributed by atoms with E-state index in [-0.39, 0.29) is 6.54 Å². The molecule has 0 saturated carbocycles. The highest BCUT2D eigenvalue weighted by Gasteiger charge is 2.57. The first-order chi connectivity index (χ1) is 7.83. The minimum atomic E-state index is -4.70. The van der Waals surface area contributed by atoms with E-state index >= 15 is 0 Å². The second-order valence-corrected chi connectivity index (χ2v) is 4.80. The van der Waals surface area contributed by atoms with E-state index in [4.69, 9.17) is 0 Å². The van der Waals surface area contributed by atoms with Crippen LogP contribution < -0.4 is 0 Å². The first-order valence-corrected chi connectivity index (χ1v) is 5.88. The highest BCUT2D eigenvalue weighted by Crippen LogP contribution is 2.38. The molecular weight excluding hydrogens is 255 g/mol. The molecule has 1 atom stereocenters. The number of rotatable bonds is 1. The average molecular weight is 265 g/mol. The summed E-state index contributed by atoms with van der Waals surface area (Å²) in [6.07, 6.45) is -5.16. The van der Waals surface area contributed by atoms with Crippen LogP contribution in [0.25, 0.3) is 0 Å². The van der Waals surface area contributed by atoms with Crippen molar-refractivity contribution >= 4 is 17.2 Å². The minimum absolute atomic E-state index is 0.0787. The van der Waals surface area contributed by atoms with Crippen molar-refractivity contribution in [3.05, 3.63) is 22.4 Å². The second-order valence-electron chi connectivity index (χ2n) is 4.02. The van der Waals surface area contributed by atoms with Crippen LogP contribution in [-0.4, -0.2) is 40.8 Å². The largest absolute Gasteiger partial charge is 0.419 e. The van der Waals surface area contributed by atoms with Gasteiger partial charge < -0.3 is 10.0 Å². The first kappa shape index (κ1) is 12.4. The topological polar surface area (TPSA) is 40.5 Å². The average Bonchev–Trinajstić information content (AvgIpc) is 2.84. The van der Waals surface area contributed by atoms with Gasteiger partial charge in [-0.15, -0.1) is 0 Å². The number of amides is 1. The van der Waals surface area contributed by atoms with Crippen LogP contribution in [0.2, 0.25) is 0 Å². The zero-order chi connectivity index (χ0) is 12.7. The molecule has 1 fully saturated rings. The number of thiophene rings is 1. The van der Waals surface area contributed by atoms with Crippen molar-refractivity contribution in [2.45, 2.75) is 18.2 Å². The fraction of sp³-hybridized carbons (Fsp3) is 0.500. The second kappa shape index (κ2) is 3.99. The molecule has 17 heavy (non-hydrogen) atoms. The number of likely N-dealkylation sites (tertiary alicyclic amines) is 1. The first-order valence-electron chi connectivity index (χ1n) is 4.94. The number of carbonyl (C=O) groups excluding carboxylic acids is 1. The molecule has 2 heterocycles. The minimum Gasteiger partial charge on any atom is -0.379 e. The standard InChI is InChI=1S/C10H10F3NO2S/c11-10(12,13)9(16)2-3-14(6-9)8(15)7-1-4-17-5-7/h1,4-5,16H,2-3,6H2/t9-/m1/s1. The Labute approximate surface area is 99.5 Å². The number of halogens is 3. The molecular formula is C10H10F3NO2S. The van der Waals surface area contributed by atoms with Crippen molar-refractivity contribution < 1.29 is 23.1 Å². The maximum Gasteiger partial charge on any atom is 0.419 e.